The third-order valence-electron chi connectivity index (χ3n) is 1.71. The smallest absolute Gasteiger partial charge is 0.144 e. The van der Waals surface area contributed by atoms with Crippen LogP contribution in [0, 0.1) is 0 Å². The van der Waals surface area contributed by atoms with Crippen molar-refractivity contribution in [2.45, 2.75) is 0 Å². The first-order valence-electron chi connectivity index (χ1n) is 3.77. The number of hydrogen-bond acceptors (Lipinski definition) is 1. The summed E-state index contributed by atoms with van der Waals surface area (Å²) in [7, 11) is 1.58. The number of allylic oxidation sites excluding steroid dienone is 1. The summed E-state index contributed by atoms with van der Waals surface area (Å²) in [5.74, 6) is 1.01. The zero-order valence-corrected chi connectivity index (χ0v) is 8.82. The normalized spacial score (nSPS) is 9.77. The maximum absolute atomic E-state index is 5.92. The van der Waals surface area contributed by atoms with Gasteiger partial charge in [0.15, 0.2) is 0 Å². The minimum atomic E-state index is 0.372. The van der Waals surface area contributed by atoms with Crippen LogP contribution >= 0.6 is 23.2 Å². The van der Waals surface area contributed by atoms with Gasteiger partial charge < -0.3 is 4.74 Å². The zero-order chi connectivity index (χ0) is 9.84. The van der Waals surface area contributed by atoms with Gasteiger partial charge >= 0.3 is 0 Å². The van der Waals surface area contributed by atoms with Crippen LogP contribution in [-0.4, -0.2) is 13.0 Å². The Morgan fingerprint density at radius 1 is 1.54 bits per heavy atom. The molecule has 1 rings (SSSR count). The summed E-state index contributed by atoms with van der Waals surface area (Å²) in [5, 5.41) is 0.575. The number of alkyl halides is 1. The molecule has 0 aliphatic heterocycles. The standard InChI is InChI=1S/C10H10Cl2O/c1-7(6-11)8-4-3-5-9(12)10(8)13-2/h3-5H,1,6H2,2H3. The van der Waals surface area contributed by atoms with E-state index in [2.05, 4.69) is 6.58 Å². The van der Waals surface area contributed by atoms with Crippen LogP contribution in [0.25, 0.3) is 5.57 Å². The molecule has 70 valence electrons. The summed E-state index contributed by atoms with van der Waals surface area (Å²) in [6.45, 7) is 3.82. The molecule has 0 aliphatic carbocycles. The van der Waals surface area contributed by atoms with Crippen molar-refractivity contribution < 1.29 is 4.74 Å². The van der Waals surface area contributed by atoms with Crippen molar-refractivity contribution in [2.24, 2.45) is 0 Å². The van der Waals surface area contributed by atoms with Crippen LogP contribution in [0.2, 0.25) is 5.02 Å². The van der Waals surface area contributed by atoms with E-state index in [0.717, 1.165) is 11.1 Å². The Morgan fingerprint density at radius 2 is 2.23 bits per heavy atom. The van der Waals surface area contributed by atoms with Gasteiger partial charge in [0, 0.05) is 11.4 Å². The molecular weight excluding hydrogens is 207 g/mol. The van der Waals surface area contributed by atoms with Crippen molar-refractivity contribution in [1.29, 1.82) is 0 Å². The average Bonchev–Trinajstić information content (AvgIpc) is 2.16. The fourth-order valence-corrected chi connectivity index (χ4v) is 1.46. The van der Waals surface area contributed by atoms with E-state index in [1.54, 1.807) is 13.2 Å². The highest BCUT2D eigenvalue weighted by atomic mass is 35.5. The van der Waals surface area contributed by atoms with Gasteiger partial charge in [0.05, 0.1) is 12.1 Å². The Kier molecular flexibility index (Phi) is 3.64. The summed E-state index contributed by atoms with van der Waals surface area (Å²) in [4.78, 5) is 0. The molecule has 1 aromatic rings. The summed E-state index contributed by atoms with van der Waals surface area (Å²) in [6, 6.07) is 5.50. The number of methoxy groups -OCH3 is 1. The molecule has 0 unspecified atom stereocenters. The van der Waals surface area contributed by atoms with Crippen molar-refractivity contribution >= 4 is 28.8 Å². The number of benzene rings is 1. The Balaban J connectivity index is 3.20. The number of halogens is 2. The van der Waals surface area contributed by atoms with Gasteiger partial charge in [-0.2, -0.15) is 0 Å². The van der Waals surface area contributed by atoms with Gasteiger partial charge in [-0.15, -0.1) is 11.6 Å². The maximum atomic E-state index is 5.92. The molecule has 0 bridgehead atoms. The molecule has 0 spiro atoms. The third-order valence-corrected chi connectivity index (χ3v) is 2.33. The van der Waals surface area contributed by atoms with Crippen molar-refractivity contribution in [3.05, 3.63) is 35.4 Å². The fourth-order valence-electron chi connectivity index (χ4n) is 1.07. The molecule has 1 aromatic carbocycles. The Bertz CT molecular complexity index is 321. The van der Waals surface area contributed by atoms with Crippen LogP contribution in [0.5, 0.6) is 5.75 Å². The molecule has 0 heterocycles. The van der Waals surface area contributed by atoms with E-state index < -0.39 is 0 Å². The Hall–Kier alpha value is -0.660. The van der Waals surface area contributed by atoms with Crippen molar-refractivity contribution in [3.63, 3.8) is 0 Å². The minimum Gasteiger partial charge on any atom is -0.495 e. The van der Waals surface area contributed by atoms with E-state index in [1.165, 1.54) is 0 Å². The van der Waals surface area contributed by atoms with Gasteiger partial charge in [-0.1, -0.05) is 30.3 Å². The molecule has 0 saturated carbocycles. The number of hydrogen-bond donors (Lipinski definition) is 0. The highest BCUT2D eigenvalue weighted by Gasteiger charge is 2.08. The predicted octanol–water partition coefficient (Wildman–Crippen LogP) is 3.60. The average molecular weight is 217 g/mol. The summed E-state index contributed by atoms with van der Waals surface area (Å²) in [5.41, 5.74) is 1.67. The molecule has 0 N–H and O–H groups in total. The summed E-state index contributed by atoms with van der Waals surface area (Å²) >= 11 is 11.6. The van der Waals surface area contributed by atoms with Crippen LogP contribution < -0.4 is 4.74 Å². The second kappa shape index (κ2) is 4.54. The van der Waals surface area contributed by atoms with Crippen molar-refractivity contribution in [1.82, 2.24) is 0 Å². The van der Waals surface area contributed by atoms with Crippen LogP contribution in [0.15, 0.2) is 24.8 Å². The molecular formula is C10H10Cl2O. The van der Waals surface area contributed by atoms with E-state index in [4.69, 9.17) is 27.9 Å². The van der Waals surface area contributed by atoms with Gasteiger partial charge in [-0.25, -0.2) is 0 Å². The van der Waals surface area contributed by atoms with Crippen LogP contribution in [0.4, 0.5) is 0 Å². The molecule has 0 radical (unpaired) electrons. The molecule has 0 fully saturated rings. The molecule has 0 atom stereocenters. The predicted molar refractivity (Wildman–Crippen MR) is 57.8 cm³/mol. The van der Waals surface area contributed by atoms with Crippen molar-refractivity contribution in [3.8, 4) is 5.75 Å². The number of rotatable bonds is 3. The van der Waals surface area contributed by atoms with Crippen molar-refractivity contribution in [2.75, 3.05) is 13.0 Å². The van der Waals surface area contributed by atoms with Crippen LogP contribution in [0.1, 0.15) is 5.56 Å². The van der Waals surface area contributed by atoms with E-state index in [-0.39, 0.29) is 0 Å². The van der Waals surface area contributed by atoms with Gasteiger partial charge in [0.25, 0.3) is 0 Å². The Labute approximate surface area is 87.9 Å². The second-order valence-electron chi connectivity index (χ2n) is 2.56. The lowest BCUT2D eigenvalue weighted by atomic mass is 10.1. The maximum Gasteiger partial charge on any atom is 0.144 e. The lowest BCUT2D eigenvalue weighted by Gasteiger charge is -2.10. The van der Waals surface area contributed by atoms with Gasteiger partial charge in [0.1, 0.15) is 5.75 Å². The molecule has 0 amide bonds. The number of para-hydroxylation sites is 1. The SMILES string of the molecule is C=C(CCl)c1cccc(Cl)c1OC. The highest BCUT2D eigenvalue weighted by Crippen LogP contribution is 2.32. The quantitative estimate of drug-likeness (QED) is 0.703. The molecule has 0 aliphatic rings. The first-order chi connectivity index (χ1) is 6.20. The summed E-state index contributed by atoms with van der Waals surface area (Å²) < 4.78 is 5.15. The lowest BCUT2D eigenvalue weighted by Crippen LogP contribution is -1.92. The Morgan fingerprint density at radius 3 is 2.77 bits per heavy atom. The van der Waals surface area contributed by atoms with Gasteiger partial charge in [0.2, 0.25) is 0 Å². The summed E-state index contributed by atoms with van der Waals surface area (Å²) in [6.07, 6.45) is 0. The minimum absolute atomic E-state index is 0.372. The highest BCUT2D eigenvalue weighted by molar-refractivity contribution is 6.32. The molecule has 1 nitrogen and oxygen atoms in total. The molecule has 13 heavy (non-hydrogen) atoms. The van der Waals surface area contributed by atoms with E-state index >= 15 is 0 Å². The van der Waals surface area contributed by atoms with Crippen LogP contribution in [-0.2, 0) is 0 Å². The zero-order valence-electron chi connectivity index (χ0n) is 7.31. The van der Waals surface area contributed by atoms with Crippen LogP contribution in [0.3, 0.4) is 0 Å². The molecule has 0 saturated heterocycles. The number of ether oxygens (including phenoxy) is 1. The molecule has 0 aromatic heterocycles. The third kappa shape index (κ3) is 2.17. The van der Waals surface area contributed by atoms with Gasteiger partial charge in [-0.3, -0.25) is 0 Å². The van der Waals surface area contributed by atoms with Gasteiger partial charge in [-0.05, 0) is 11.6 Å². The lowest BCUT2D eigenvalue weighted by molar-refractivity contribution is 0.414. The topological polar surface area (TPSA) is 9.23 Å². The largest absolute Gasteiger partial charge is 0.495 e. The monoisotopic (exact) mass is 216 g/mol. The van der Waals surface area contributed by atoms with E-state index in [1.807, 2.05) is 12.1 Å². The first kappa shape index (κ1) is 10.4. The second-order valence-corrected chi connectivity index (χ2v) is 3.23. The molecule has 3 heteroatoms. The fraction of sp³-hybridized carbons (Fsp3) is 0.200. The van der Waals surface area contributed by atoms with E-state index in [0.29, 0.717) is 16.7 Å². The van der Waals surface area contributed by atoms with E-state index in [9.17, 15) is 0 Å². The first-order valence-corrected chi connectivity index (χ1v) is 4.68.